The first-order valence-electron chi connectivity index (χ1n) is 5.69. The van der Waals surface area contributed by atoms with Crippen molar-refractivity contribution in [3.05, 3.63) is 0 Å². The van der Waals surface area contributed by atoms with Gasteiger partial charge in [0.25, 0.3) is 0 Å². The van der Waals surface area contributed by atoms with E-state index in [2.05, 4.69) is 48.5 Å². The third-order valence-electron chi connectivity index (χ3n) is 3.92. The molecule has 1 fully saturated rings. The van der Waals surface area contributed by atoms with E-state index in [9.17, 15) is 0 Å². The van der Waals surface area contributed by atoms with Gasteiger partial charge in [-0.3, -0.25) is 0 Å². The Kier molecular flexibility index (Phi) is 2.56. The lowest BCUT2D eigenvalue weighted by atomic mass is 9.82. The quantitative estimate of drug-likeness (QED) is 0.595. The Labute approximate surface area is 84.1 Å². The fourth-order valence-corrected chi connectivity index (χ4v) is 3.73. The van der Waals surface area contributed by atoms with Crippen LogP contribution in [-0.2, 0) is 0 Å². The zero-order chi connectivity index (χ0) is 10.4. The van der Waals surface area contributed by atoms with Crippen molar-refractivity contribution in [3.8, 4) is 0 Å². The maximum Gasteiger partial charge on any atom is -0.0259 e. The minimum Gasteiger partial charge on any atom is -0.0628 e. The van der Waals surface area contributed by atoms with Crippen LogP contribution in [0.25, 0.3) is 0 Å². The second-order valence-electron chi connectivity index (χ2n) is 6.74. The first-order chi connectivity index (χ1) is 5.69. The zero-order valence-corrected chi connectivity index (χ0v) is 10.4. The van der Waals surface area contributed by atoms with E-state index in [0.29, 0.717) is 10.8 Å². The van der Waals surface area contributed by atoms with Crippen LogP contribution >= 0.6 is 0 Å². The summed E-state index contributed by atoms with van der Waals surface area (Å²) in [6.45, 7) is 16.8. The number of hydrogen-bond donors (Lipinski definition) is 0. The highest BCUT2D eigenvalue weighted by Crippen LogP contribution is 2.68. The average Bonchev–Trinajstić information content (AvgIpc) is 2.29. The summed E-state index contributed by atoms with van der Waals surface area (Å²) in [4.78, 5) is 0. The summed E-state index contributed by atoms with van der Waals surface area (Å²) in [6.07, 6.45) is 1.40. The summed E-state index contributed by atoms with van der Waals surface area (Å²) in [5.74, 6) is 2.71. The second-order valence-corrected chi connectivity index (χ2v) is 6.74. The van der Waals surface area contributed by atoms with E-state index in [1.54, 1.807) is 0 Å². The molecule has 13 heavy (non-hydrogen) atoms. The molecule has 0 aromatic rings. The molecule has 1 saturated carbocycles. The van der Waals surface area contributed by atoms with Gasteiger partial charge in [-0.2, -0.15) is 0 Å². The lowest BCUT2D eigenvalue weighted by molar-refractivity contribution is 0.265. The highest BCUT2D eigenvalue weighted by atomic mass is 14.7. The Bertz CT molecular complexity index is 185. The molecule has 0 aromatic heterocycles. The van der Waals surface area contributed by atoms with Crippen molar-refractivity contribution in [2.24, 2.45) is 28.6 Å². The van der Waals surface area contributed by atoms with E-state index in [4.69, 9.17) is 0 Å². The minimum absolute atomic E-state index is 0.503. The summed E-state index contributed by atoms with van der Waals surface area (Å²) >= 11 is 0. The predicted molar refractivity (Wildman–Crippen MR) is 59.7 cm³/mol. The normalized spacial score (nSPS) is 39.7. The summed E-state index contributed by atoms with van der Waals surface area (Å²) in [5, 5.41) is 0. The smallest absolute Gasteiger partial charge is 0.0259 e. The van der Waals surface area contributed by atoms with Crippen LogP contribution in [-0.4, -0.2) is 0 Å². The molecule has 78 valence electrons. The summed E-state index contributed by atoms with van der Waals surface area (Å²) < 4.78 is 0. The highest BCUT2D eigenvalue weighted by molar-refractivity contribution is 5.09. The average molecular weight is 182 g/mol. The standard InChI is InChI=1S/C13H26/c1-9(2)8-13(7)10(3)11(13)12(4,5)6/h9-11H,8H2,1-7H3. The largest absolute Gasteiger partial charge is 0.0628 e. The van der Waals surface area contributed by atoms with Crippen molar-refractivity contribution in [3.63, 3.8) is 0 Å². The molecule has 0 aliphatic heterocycles. The van der Waals surface area contributed by atoms with Gasteiger partial charge in [-0.25, -0.2) is 0 Å². The van der Waals surface area contributed by atoms with Gasteiger partial charge in [0.15, 0.2) is 0 Å². The molecular weight excluding hydrogens is 156 g/mol. The Morgan fingerprint density at radius 1 is 1.23 bits per heavy atom. The molecule has 0 N–H and O–H groups in total. The third kappa shape index (κ3) is 1.92. The van der Waals surface area contributed by atoms with E-state index in [0.717, 1.165) is 17.8 Å². The van der Waals surface area contributed by atoms with Gasteiger partial charge in [0.1, 0.15) is 0 Å². The van der Waals surface area contributed by atoms with E-state index in [1.807, 2.05) is 0 Å². The Morgan fingerprint density at radius 3 is 1.92 bits per heavy atom. The summed E-state index contributed by atoms with van der Waals surface area (Å²) in [6, 6.07) is 0. The molecule has 1 aliphatic carbocycles. The third-order valence-corrected chi connectivity index (χ3v) is 3.92. The lowest BCUT2D eigenvalue weighted by Crippen LogP contribution is -2.15. The van der Waals surface area contributed by atoms with Gasteiger partial charge in [0.05, 0.1) is 0 Å². The van der Waals surface area contributed by atoms with Crippen LogP contribution in [0.4, 0.5) is 0 Å². The van der Waals surface area contributed by atoms with Crippen molar-refractivity contribution < 1.29 is 0 Å². The Hall–Kier alpha value is 0. The van der Waals surface area contributed by atoms with Gasteiger partial charge >= 0.3 is 0 Å². The molecule has 0 saturated heterocycles. The first-order valence-corrected chi connectivity index (χ1v) is 5.69. The predicted octanol–water partition coefficient (Wildman–Crippen LogP) is 4.35. The molecule has 0 heterocycles. The summed E-state index contributed by atoms with van der Waals surface area (Å²) in [7, 11) is 0. The van der Waals surface area contributed by atoms with Gasteiger partial charge in [-0.05, 0) is 35.0 Å². The van der Waals surface area contributed by atoms with Crippen LogP contribution in [0, 0.1) is 28.6 Å². The van der Waals surface area contributed by atoms with Crippen molar-refractivity contribution >= 4 is 0 Å². The van der Waals surface area contributed by atoms with Crippen molar-refractivity contribution in [1.29, 1.82) is 0 Å². The van der Waals surface area contributed by atoms with Gasteiger partial charge < -0.3 is 0 Å². The van der Waals surface area contributed by atoms with Gasteiger partial charge in [-0.15, -0.1) is 0 Å². The second kappa shape index (κ2) is 3.00. The maximum absolute atomic E-state index is 2.48. The SMILES string of the molecule is CC(C)CC1(C)C(C)C1C(C)(C)C. The topological polar surface area (TPSA) is 0 Å². The molecule has 0 heteroatoms. The van der Waals surface area contributed by atoms with Crippen LogP contribution < -0.4 is 0 Å². The number of rotatable bonds is 2. The molecule has 0 radical (unpaired) electrons. The molecule has 1 aliphatic rings. The van der Waals surface area contributed by atoms with Crippen molar-refractivity contribution in [2.75, 3.05) is 0 Å². The van der Waals surface area contributed by atoms with Gasteiger partial charge in [0.2, 0.25) is 0 Å². The van der Waals surface area contributed by atoms with E-state index < -0.39 is 0 Å². The Morgan fingerprint density at radius 2 is 1.69 bits per heavy atom. The fourth-order valence-electron chi connectivity index (χ4n) is 3.73. The molecular formula is C13H26. The van der Waals surface area contributed by atoms with Crippen LogP contribution in [0.2, 0.25) is 0 Å². The van der Waals surface area contributed by atoms with Crippen molar-refractivity contribution in [1.82, 2.24) is 0 Å². The molecule has 0 bridgehead atoms. The molecule has 0 nitrogen and oxygen atoms in total. The van der Waals surface area contributed by atoms with Crippen LogP contribution in [0.3, 0.4) is 0 Å². The first kappa shape index (κ1) is 11.1. The van der Waals surface area contributed by atoms with E-state index >= 15 is 0 Å². The van der Waals surface area contributed by atoms with Crippen LogP contribution in [0.5, 0.6) is 0 Å². The van der Waals surface area contributed by atoms with Crippen LogP contribution in [0.15, 0.2) is 0 Å². The molecule has 0 aromatic carbocycles. The van der Waals surface area contributed by atoms with Gasteiger partial charge in [-0.1, -0.05) is 48.5 Å². The zero-order valence-electron chi connectivity index (χ0n) is 10.4. The molecule has 0 spiro atoms. The van der Waals surface area contributed by atoms with Crippen LogP contribution in [0.1, 0.15) is 54.9 Å². The Balaban J connectivity index is 2.65. The molecule has 3 unspecified atom stereocenters. The van der Waals surface area contributed by atoms with Gasteiger partial charge in [0, 0.05) is 0 Å². The highest BCUT2D eigenvalue weighted by Gasteiger charge is 2.61. The fraction of sp³-hybridized carbons (Fsp3) is 1.00. The molecule has 3 atom stereocenters. The lowest BCUT2D eigenvalue weighted by Gasteiger charge is -2.23. The monoisotopic (exact) mass is 182 g/mol. The molecule has 1 rings (SSSR count). The molecule has 0 amide bonds. The van der Waals surface area contributed by atoms with E-state index in [-0.39, 0.29) is 0 Å². The minimum atomic E-state index is 0.503. The van der Waals surface area contributed by atoms with E-state index in [1.165, 1.54) is 6.42 Å². The maximum atomic E-state index is 2.48. The summed E-state index contributed by atoms with van der Waals surface area (Å²) in [5.41, 5.74) is 1.13. The number of hydrogen-bond acceptors (Lipinski definition) is 0. The van der Waals surface area contributed by atoms with Crippen molar-refractivity contribution in [2.45, 2.75) is 54.9 Å².